The molecule has 0 saturated heterocycles. The van der Waals surface area contributed by atoms with Crippen molar-refractivity contribution in [3.8, 4) is 0 Å². The summed E-state index contributed by atoms with van der Waals surface area (Å²) in [7, 11) is -3.82. The van der Waals surface area contributed by atoms with Crippen molar-refractivity contribution in [1.29, 1.82) is 0 Å². The van der Waals surface area contributed by atoms with Crippen LogP contribution in [-0.2, 0) is 19.6 Å². The molecular formula is C20H21FN2O5S. The van der Waals surface area contributed by atoms with Gasteiger partial charge in [-0.05, 0) is 49.7 Å². The van der Waals surface area contributed by atoms with Crippen LogP contribution in [0.2, 0.25) is 0 Å². The largest absolute Gasteiger partial charge is 0.449 e. The van der Waals surface area contributed by atoms with E-state index in [1.165, 1.54) is 43.3 Å². The lowest BCUT2D eigenvalue weighted by Gasteiger charge is -2.14. The van der Waals surface area contributed by atoms with Crippen molar-refractivity contribution >= 4 is 27.6 Å². The molecule has 0 saturated carbocycles. The van der Waals surface area contributed by atoms with Gasteiger partial charge in [-0.2, -0.15) is 0 Å². The molecule has 0 aliphatic rings. The first kappa shape index (κ1) is 22.3. The van der Waals surface area contributed by atoms with Crippen molar-refractivity contribution in [1.82, 2.24) is 4.72 Å². The highest BCUT2D eigenvalue weighted by molar-refractivity contribution is 7.89. The summed E-state index contributed by atoms with van der Waals surface area (Å²) in [5.41, 5.74) is 0.620. The third-order valence-corrected chi connectivity index (χ3v) is 5.31. The summed E-state index contributed by atoms with van der Waals surface area (Å²) in [5.74, 6) is -2.00. The Morgan fingerprint density at radius 2 is 1.97 bits per heavy atom. The zero-order chi connectivity index (χ0) is 21.6. The Morgan fingerprint density at radius 3 is 2.62 bits per heavy atom. The van der Waals surface area contributed by atoms with Crippen molar-refractivity contribution in [2.24, 2.45) is 0 Å². The number of halogens is 1. The van der Waals surface area contributed by atoms with Crippen LogP contribution in [0.4, 0.5) is 10.1 Å². The molecule has 29 heavy (non-hydrogen) atoms. The lowest BCUT2D eigenvalue weighted by molar-refractivity contribution is -0.123. The van der Waals surface area contributed by atoms with Gasteiger partial charge in [0.2, 0.25) is 10.0 Å². The van der Waals surface area contributed by atoms with Gasteiger partial charge < -0.3 is 10.1 Å². The molecule has 0 radical (unpaired) electrons. The number of amides is 1. The molecule has 1 atom stereocenters. The average Bonchev–Trinajstić information content (AvgIpc) is 2.69. The fourth-order valence-corrected chi connectivity index (χ4v) is 3.28. The van der Waals surface area contributed by atoms with Crippen LogP contribution in [0.5, 0.6) is 0 Å². The molecule has 154 valence electrons. The Bertz CT molecular complexity index is 1040. The first-order chi connectivity index (χ1) is 13.6. The summed E-state index contributed by atoms with van der Waals surface area (Å²) >= 11 is 0. The van der Waals surface area contributed by atoms with E-state index >= 15 is 0 Å². The van der Waals surface area contributed by atoms with E-state index in [-0.39, 0.29) is 22.7 Å². The number of hydrogen-bond acceptors (Lipinski definition) is 5. The van der Waals surface area contributed by atoms with E-state index in [1.54, 1.807) is 6.92 Å². The third-order valence-electron chi connectivity index (χ3n) is 3.89. The standard InChI is InChI=1S/C20H21FN2O5S/c1-4-10-22-29(26,27)17-7-5-6-15(11-17)20(25)28-14(3)19(24)23-16-9-8-13(2)18(21)12-16/h4-9,11-12,14,22H,1,10H2,2-3H3,(H,23,24)/t14-/m0/s1. The molecule has 2 rings (SSSR count). The van der Waals surface area contributed by atoms with Crippen LogP contribution < -0.4 is 10.0 Å². The Balaban J connectivity index is 2.07. The molecule has 0 spiro atoms. The fraction of sp³-hybridized carbons (Fsp3) is 0.200. The molecule has 2 aromatic carbocycles. The Morgan fingerprint density at radius 1 is 1.24 bits per heavy atom. The van der Waals surface area contributed by atoms with Crippen LogP contribution in [0.25, 0.3) is 0 Å². The van der Waals surface area contributed by atoms with E-state index in [0.29, 0.717) is 5.56 Å². The highest BCUT2D eigenvalue weighted by atomic mass is 32.2. The number of rotatable bonds is 8. The molecule has 7 nitrogen and oxygen atoms in total. The summed E-state index contributed by atoms with van der Waals surface area (Å²) < 4.78 is 45.3. The van der Waals surface area contributed by atoms with Gasteiger partial charge in [-0.15, -0.1) is 6.58 Å². The van der Waals surface area contributed by atoms with Crippen LogP contribution in [0.3, 0.4) is 0 Å². The van der Waals surface area contributed by atoms with Crippen LogP contribution >= 0.6 is 0 Å². The highest BCUT2D eigenvalue weighted by Crippen LogP contribution is 2.16. The molecular weight excluding hydrogens is 399 g/mol. The highest BCUT2D eigenvalue weighted by Gasteiger charge is 2.21. The number of ether oxygens (including phenoxy) is 1. The molecule has 0 fully saturated rings. The minimum absolute atomic E-state index is 0.0347. The van der Waals surface area contributed by atoms with Gasteiger partial charge in [-0.25, -0.2) is 22.3 Å². The molecule has 0 heterocycles. The number of carbonyl (C=O) groups excluding carboxylic acids is 2. The summed E-state index contributed by atoms with van der Waals surface area (Å²) in [6.07, 6.45) is 0.196. The SMILES string of the molecule is C=CCNS(=O)(=O)c1cccc(C(=O)O[C@@H](C)C(=O)Nc2ccc(C)c(F)c2)c1. The number of anilines is 1. The van der Waals surface area contributed by atoms with Gasteiger partial charge in [0.15, 0.2) is 6.10 Å². The van der Waals surface area contributed by atoms with E-state index in [2.05, 4.69) is 16.6 Å². The fourth-order valence-electron chi connectivity index (χ4n) is 2.24. The minimum atomic E-state index is -3.82. The predicted molar refractivity (Wildman–Crippen MR) is 106 cm³/mol. The second kappa shape index (κ2) is 9.44. The van der Waals surface area contributed by atoms with E-state index in [4.69, 9.17) is 4.74 Å². The van der Waals surface area contributed by atoms with Crippen LogP contribution in [0.1, 0.15) is 22.8 Å². The predicted octanol–water partition coefficient (Wildman–Crippen LogP) is 2.78. The monoisotopic (exact) mass is 420 g/mol. The Labute approximate surface area is 168 Å². The molecule has 2 N–H and O–H groups in total. The van der Waals surface area contributed by atoms with E-state index in [1.807, 2.05) is 0 Å². The summed E-state index contributed by atoms with van der Waals surface area (Å²) in [5, 5.41) is 2.45. The van der Waals surface area contributed by atoms with Gasteiger partial charge in [-0.1, -0.05) is 18.2 Å². The lowest BCUT2D eigenvalue weighted by atomic mass is 10.2. The van der Waals surface area contributed by atoms with Crippen molar-refractivity contribution in [2.75, 3.05) is 11.9 Å². The van der Waals surface area contributed by atoms with Crippen LogP contribution in [-0.4, -0.2) is 32.9 Å². The van der Waals surface area contributed by atoms with Crippen LogP contribution in [0, 0.1) is 12.7 Å². The number of benzene rings is 2. The minimum Gasteiger partial charge on any atom is -0.449 e. The van der Waals surface area contributed by atoms with Crippen molar-refractivity contribution in [3.63, 3.8) is 0 Å². The smallest absolute Gasteiger partial charge is 0.338 e. The van der Waals surface area contributed by atoms with E-state index in [0.717, 1.165) is 12.1 Å². The van der Waals surface area contributed by atoms with Gasteiger partial charge in [0.1, 0.15) is 5.82 Å². The molecule has 9 heteroatoms. The third kappa shape index (κ3) is 5.97. The number of nitrogens with one attached hydrogen (secondary N) is 2. The zero-order valence-electron chi connectivity index (χ0n) is 15.9. The van der Waals surface area contributed by atoms with E-state index < -0.39 is 33.8 Å². The zero-order valence-corrected chi connectivity index (χ0v) is 16.8. The first-order valence-electron chi connectivity index (χ1n) is 8.62. The molecule has 2 aromatic rings. The molecule has 0 unspecified atom stereocenters. The quantitative estimate of drug-likeness (QED) is 0.505. The lowest BCUT2D eigenvalue weighted by Crippen LogP contribution is -2.30. The summed E-state index contributed by atoms with van der Waals surface area (Å²) in [4.78, 5) is 24.4. The van der Waals surface area contributed by atoms with Gasteiger partial charge in [0, 0.05) is 12.2 Å². The topological polar surface area (TPSA) is 102 Å². The second-order valence-corrected chi connectivity index (χ2v) is 7.94. The van der Waals surface area contributed by atoms with Gasteiger partial charge in [0.05, 0.1) is 10.5 Å². The van der Waals surface area contributed by atoms with Crippen molar-refractivity contribution in [3.05, 3.63) is 72.1 Å². The number of sulfonamides is 1. The number of hydrogen-bond donors (Lipinski definition) is 2. The number of esters is 1. The summed E-state index contributed by atoms with van der Waals surface area (Å²) in [6, 6.07) is 9.42. The van der Waals surface area contributed by atoms with Gasteiger partial charge in [0.25, 0.3) is 5.91 Å². The maximum atomic E-state index is 13.6. The Hall–Kier alpha value is -3.04. The van der Waals surface area contributed by atoms with Gasteiger partial charge >= 0.3 is 5.97 Å². The first-order valence-corrected chi connectivity index (χ1v) is 10.1. The number of aryl methyl sites for hydroxylation is 1. The van der Waals surface area contributed by atoms with Crippen molar-refractivity contribution < 1.29 is 27.1 Å². The second-order valence-electron chi connectivity index (χ2n) is 6.17. The maximum absolute atomic E-state index is 13.6. The molecule has 0 aliphatic heterocycles. The number of carbonyl (C=O) groups is 2. The van der Waals surface area contributed by atoms with Gasteiger partial charge in [-0.3, -0.25) is 4.79 Å². The van der Waals surface area contributed by atoms with E-state index in [9.17, 15) is 22.4 Å². The molecule has 0 aromatic heterocycles. The maximum Gasteiger partial charge on any atom is 0.338 e. The normalized spacial score (nSPS) is 12.1. The molecule has 1 amide bonds. The van der Waals surface area contributed by atoms with Crippen LogP contribution in [0.15, 0.2) is 60.0 Å². The van der Waals surface area contributed by atoms with Crippen molar-refractivity contribution in [2.45, 2.75) is 24.8 Å². The summed E-state index contributed by atoms with van der Waals surface area (Å²) in [6.45, 7) is 6.41. The molecule has 0 bridgehead atoms. The Kier molecular flexibility index (Phi) is 7.24. The molecule has 0 aliphatic carbocycles. The average molecular weight is 420 g/mol.